The number of rotatable bonds is 5. The van der Waals surface area contributed by atoms with E-state index in [-0.39, 0.29) is 12.3 Å². The first kappa shape index (κ1) is 12.4. The van der Waals surface area contributed by atoms with Crippen LogP contribution in [0.25, 0.3) is 0 Å². The zero-order valence-corrected chi connectivity index (χ0v) is 8.60. The Hall–Kier alpha value is -0.620. The zero-order chi connectivity index (χ0) is 10.7. The molecular formula is C7H15NO4S. The molecule has 0 amide bonds. The molecule has 5 nitrogen and oxygen atoms in total. The highest BCUT2D eigenvalue weighted by Crippen LogP contribution is 2.17. The van der Waals surface area contributed by atoms with E-state index in [1.807, 2.05) is 0 Å². The van der Waals surface area contributed by atoms with Crippen LogP contribution < -0.4 is 5.73 Å². The third kappa shape index (κ3) is 2.67. The van der Waals surface area contributed by atoms with Gasteiger partial charge in [0.1, 0.15) is 0 Å². The Balaban J connectivity index is 4.73. The van der Waals surface area contributed by atoms with E-state index in [1.165, 1.54) is 13.8 Å². The van der Waals surface area contributed by atoms with Crippen LogP contribution in [0.5, 0.6) is 0 Å². The molecule has 3 N–H and O–H groups in total. The van der Waals surface area contributed by atoms with Crippen molar-refractivity contribution in [1.29, 1.82) is 0 Å². The zero-order valence-electron chi connectivity index (χ0n) is 7.78. The number of carbonyl (C=O) groups is 1. The predicted molar refractivity (Wildman–Crippen MR) is 49.2 cm³/mol. The van der Waals surface area contributed by atoms with Crippen LogP contribution >= 0.6 is 0 Å². The Labute approximate surface area is 77.8 Å². The molecule has 0 spiro atoms. The summed E-state index contributed by atoms with van der Waals surface area (Å²) in [5.74, 6) is -1.51. The van der Waals surface area contributed by atoms with Crippen LogP contribution in [0.4, 0.5) is 0 Å². The molecule has 0 aliphatic rings. The minimum absolute atomic E-state index is 0.178. The van der Waals surface area contributed by atoms with Crippen molar-refractivity contribution in [1.82, 2.24) is 0 Å². The fourth-order valence-corrected chi connectivity index (χ4v) is 1.98. The first-order valence-corrected chi connectivity index (χ1v) is 5.56. The van der Waals surface area contributed by atoms with Crippen LogP contribution in [0.15, 0.2) is 0 Å². The molecule has 13 heavy (non-hydrogen) atoms. The molecule has 0 heterocycles. The molecule has 0 saturated carbocycles. The molecule has 0 aromatic heterocycles. The van der Waals surface area contributed by atoms with Gasteiger partial charge in [-0.3, -0.25) is 4.79 Å². The molecule has 78 valence electrons. The van der Waals surface area contributed by atoms with Gasteiger partial charge in [-0.1, -0.05) is 0 Å². The molecule has 0 aromatic rings. The van der Waals surface area contributed by atoms with Gasteiger partial charge in [-0.2, -0.15) is 0 Å². The summed E-state index contributed by atoms with van der Waals surface area (Å²) in [6, 6.07) is 0. The Bertz CT molecular complexity index is 281. The summed E-state index contributed by atoms with van der Waals surface area (Å²) < 4.78 is 21.1. The third-order valence-corrected chi connectivity index (χ3v) is 4.47. The molecule has 0 atom stereocenters. The van der Waals surface area contributed by atoms with Crippen molar-refractivity contribution in [3.8, 4) is 0 Å². The van der Waals surface area contributed by atoms with E-state index < -0.39 is 20.6 Å². The second-order valence-corrected chi connectivity index (χ2v) is 5.93. The highest BCUT2D eigenvalue weighted by molar-refractivity contribution is 7.93. The largest absolute Gasteiger partial charge is 0.480 e. The number of aliphatic carboxylic acids is 1. The van der Waals surface area contributed by atoms with Crippen molar-refractivity contribution >= 4 is 15.8 Å². The quantitative estimate of drug-likeness (QED) is 0.643. The van der Waals surface area contributed by atoms with Crippen LogP contribution in [0.2, 0.25) is 0 Å². The molecule has 0 radical (unpaired) electrons. The fourth-order valence-electron chi connectivity index (χ4n) is 0.662. The van der Waals surface area contributed by atoms with Crippen molar-refractivity contribution in [3.05, 3.63) is 0 Å². The van der Waals surface area contributed by atoms with Crippen LogP contribution in [0, 0.1) is 0 Å². The number of nitrogens with two attached hydrogens (primary N) is 1. The van der Waals surface area contributed by atoms with E-state index in [2.05, 4.69) is 0 Å². The molecule has 0 bridgehead atoms. The summed E-state index contributed by atoms with van der Waals surface area (Å²) in [7, 11) is -3.60. The van der Waals surface area contributed by atoms with Crippen molar-refractivity contribution in [2.45, 2.75) is 25.0 Å². The number of carboxylic acids is 1. The normalized spacial score (nSPS) is 12.8. The summed E-state index contributed by atoms with van der Waals surface area (Å²) in [4.78, 5) is 10.6. The molecule has 0 aliphatic carbocycles. The van der Waals surface area contributed by atoms with Gasteiger partial charge in [-0.25, -0.2) is 8.42 Å². The summed E-state index contributed by atoms with van der Waals surface area (Å²) in [5.41, 5.74) is 5.14. The third-order valence-electron chi connectivity index (χ3n) is 1.91. The lowest BCUT2D eigenvalue weighted by Gasteiger charge is -2.19. The summed E-state index contributed by atoms with van der Waals surface area (Å²) in [5, 5.41) is 8.67. The van der Waals surface area contributed by atoms with Crippen LogP contribution in [0.1, 0.15) is 20.3 Å². The summed E-state index contributed by atoms with van der Waals surface area (Å²) in [6.45, 7) is 2.61. The maximum Gasteiger partial charge on any atom is 0.324 e. The molecule has 0 fully saturated rings. The number of sulfone groups is 1. The molecule has 0 rings (SSSR count). The lowest BCUT2D eigenvalue weighted by molar-refractivity contribution is -0.139. The van der Waals surface area contributed by atoms with Gasteiger partial charge in [0.15, 0.2) is 14.6 Å². The van der Waals surface area contributed by atoms with E-state index in [4.69, 9.17) is 10.8 Å². The second-order valence-electron chi connectivity index (χ2n) is 3.28. The molecule has 0 saturated heterocycles. The van der Waals surface area contributed by atoms with Gasteiger partial charge in [-0.05, 0) is 26.8 Å². The Morgan fingerprint density at radius 3 is 2.23 bits per heavy atom. The van der Waals surface area contributed by atoms with Gasteiger partial charge in [0.05, 0.1) is 5.75 Å². The molecule has 0 aliphatic heterocycles. The average molecular weight is 209 g/mol. The number of hydrogen-bond donors (Lipinski definition) is 2. The predicted octanol–water partition coefficient (Wildman–Crippen LogP) is -0.387. The minimum atomic E-state index is -3.60. The molecule has 0 aromatic carbocycles. The average Bonchev–Trinajstić information content (AvgIpc) is 2.00. The summed E-state index contributed by atoms with van der Waals surface area (Å²) >= 11 is 0. The lowest BCUT2D eigenvalue weighted by Crippen LogP contribution is -2.42. The summed E-state index contributed by atoms with van der Waals surface area (Å²) in [6.07, 6.45) is 0.291. The lowest BCUT2D eigenvalue weighted by atomic mass is 10.2. The van der Waals surface area contributed by atoms with Gasteiger partial charge in [-0.15, -0.1) is 0 Å². The highest BCUT2D eigenvalue weighted by Gasteiger charge is 2.40. The molecular weight excluding hydrogens is 194 g/mol. The van der Waals surface area contributed by atoms with E-state index in [9.17, 15) is 13.2 Å². The van der Waals surface area contributed by atoms with E-state index in [0.29, 0.717) is 6.42 Å². The smallest absolute Gasteiger partial charge is 0.324 e. The SMILES string of the molecule is CC(C)(C(=O)O)S(=O)(=O)CCCN. The molecule has 6 heteroatoms. The Kier molecular flexibility index (Phi) is 3.87. The maximum absolute atomic E-state index is 11.4. The van der Waals surface area contributed by atoms with Crippen molar-refractivity contribution < 1.29 is 18.3 Å². The van der Waals surface area contributed by atoms with Gasteiger partial charge in [0.2, 0.25) is 0 Å². The van der Waals surface area contributed by atoms with Crippen LogP contribution in [-0.2, 0) is 14.6 Å². The van der Waals surface area contributed by atoms with Gasteiger partial charge in [0, 0.05) is 0 Å². The first-order valence-electron chi connectivity index (χ1n) is 3.91. The fraction of sp³-hybridized carbons (Fsp3) is 0.857. The minimum Gasteiger partial charge on any atom is -0.480 e. The van der Waals surface area contributed by atoms with E-state index in [1.54, 1.807) is 0 Å². The highest BCUT2D eigenvalue weighted by atomic mass is 32.2. The van der Waals surface area contributed by atoms with Crippen molar-refractivity contribution in [2.75, 3.05) is 12.3 Å². The monoisotopic (exact) mass is 209 g/mol. The van der Waals surface area contributed by atoms with E-state index in [0.717, 1.165) is 0 Å². The first-order chi connectivity index (χ1) is 5.75. The van der Waals surface area contributed by atoms with Crippen LogP contribution in [0.3, 0.4) is 0 Å². The van der Waals surface area contributed by atoms with Gasteiger partial charge >= 0.3 is 5.97 Å². The standard InChI is InChI=1S/C7H15NO4S/c1-7(2,6(9)10)13(11,12)5-3-4-8/h3-5,8H2,1-2H3,(H,9,10). The topological polar surface area (TPSA) is 97.5 Å². The Morgan fingerprint density at radius 1 is 1.46 bits per heavy atom. The Morgan fingerprint density at radius 2 is 1.92 bits per heavy atom. The number of carboxylic acid groups (broad SMARTS) is 1. The van der Waals surface area contributed by atoms with Crippen molar-refractivity contribution in [2.24, 2.45) is 5.73 Å². The van der Waals surface area contributed by atoms with Crippen LogP contribution in [-0.4, -0.2) is 36.5 Å². The van der Waals surface area contributed by atoms with E-state index >= 15 is 0 Å². The van der Waals surface area contributed by atoms with Gasteiger partial charge < -0.3 is 10.8 Å². The molecule has 0 unspecified atom stereocenters. The second kappa shape index (κ2) is 4.06. The van der Waals surface area contributed by atoms with Crippen molar-refractivity contribution in [3.63, 3.8) is 0 Å². The number of hydrogen-bond acceptors (Lipinski definition) is 4. The maximum atomic E-state index is 11.4. The van der Waals surface area contributed by atoms with Gasteiger partial charge in [0.25, 0.3) is 0 Å².